The highest BCUT2D eigenvalue weighted by molar-refractivity contribution is 5.75. The Labute approximate surface area is 98.3 Å². The highest BCUT2D eigenvalue weighted by Crippen LogP contribution is 2.14. The van der Waals surface area contributed by atoms with Crippen molar-refractivity contribution >= 4 is 5.97 Å². The molecule has 4 heteroatoms. The van der Waals surface area contributed by atoms with E-state index in [9.17, 15) is 4.79 Å². The fourth-order valence-electron chi connectivity index (χ4n) is 2.29. The molecular formula is C12H24N2O2. The largest absolute Gasteiger partial charge is 0.465 e. The summed E-state index contributed by atoms with van der Waals surface area (Å²) >= 11 is 0. The van der Waals surface area contributed by atoms with Gasteiger partial charge in [-0.15, -0.1) is 0 Å². The molecule has 0 saturated carbocycles. The minimum absolute atomic E-state index is 0.0851. The number of nitrogens with zero attached hydrogens (tertiary/aromatic N) is 1. The molecule has 0 bridgehead atoms. The molecule has 1 fully saturated rings. The van der Waals surface area contributed by atoms with Crippen molar-refractivity contribution in [2.75, 3.05) is 26.7 Å². The molecule has 0 aliphatic carbocycles. The summed E-state index contributed by atoms with van der Waals surface area (Å²) in [6.45, 7) is 6.43. The Morgan fingerprint density at radius 1 is 1.56 bits per heavy atom. The zero-order valence-electron chi connectivity index (χ0n) is 10.7. The van der Waals surface area contributed by atoms with Gasteiger partial charge < -0.3 is 10.1 Å². The van der Waals surface area contributed by atoms with Gasteiger partial charge in [0.25, 0.3) is 0 Å². The fraction of sp³-hybridized carbons (Fsp3) is 0.917. The highest BCUT2D eigenvalue weighted by Gasteiger charge is 2.28. The second-order valence-electron chi connectivity index (χ2n) is 4.34. The van der Waals surface area contributed by atoms with Crippen LogP contribution in [0.15, 0.2) is 0 Å². The molecule has 94 valence electrons. The van der Waals surface area contributed by atoms with Crippen LogP contribution in [0.5, 0.6) is 0 Å². The lowest BCUT2D eigenvalue weighted by Gasteiger charge is -2.35. The number of hydrogen-bond acceptors (Lipinski definition) is 4. The lowest BCUT2D eigenvalue weighted by molar-refractivity contribution is -0.150. The highest BCUT2D eigenvalue weighted by atomic mass is 16.5. The van der Waals surface area contributed by atoms with Gasteiger partial charge in [0, 0.05) is 12.6 Å². The van der Waals surface area contributed by atoms with Crippen LogP contribution in [0.2, 0.25) is 0 Å². The van der Waals surface area contributed by atoms with Crippen LogP contribution in [-0.2, 0) is 9.53 Å². The van der Waals surface area contributed by atoms with E-state index in [0.29, 0.717) is 12.6 Å². The minimum Gasteiger partial charge on any atom is -0.465 e. The summed E-state index contributed by atoms with van der Waals surface area (Å²) in [7, 11) is 2.03. The van der Waals surface area contributed by atoms with Gasteiger partial charge in [-0.3, -0.25) is 9.69 Å². The Bertz CT molecular complexity index is 215. The minimum atomic E-state index is -0.0927. The summed E-state index contributed by atoms with van der Waals surface area (Å²) in [6.07, 6.45) is 3.17. The monoisotopic (exact) mass is 228 g/mol. The van der Waals surface area contributed by atoms with Crippen LogP contribution >= 0.6 is 0 Å². The fourth-order valence-corrected chi connectivity index (χ4v) is 2.29. The van der Waals surface area contributed by atoms with Crippen molar-refractivity contribution in [3.05, 3.63) is 0 Å². The first-order valence-electron chi connectivity index (χ1n) is 6.30. The van der Waals surface area contributed by atoms with Crippen LogP contribution in [0.1, 0.15) is 33.1 Å². The summed E-state index contributed by atoms with van der Waals surface area (Å²) < 4.78 is 5.11. The molecule has 1 saturated heterocycles. The average Bonchev–Trinajstić information content (AvgIpc) is 2.31. The van der Waals surface area contributed by atoms with Gasteiger partial charge in [-0.05, 0) is 39.8 Å². The van der Waals surface area contributed by atoms with Crippen molar-refractivity contribution in [1.82, 2.24) is 10.2 Å². The number of hydrogen-bond donors (Lipinski definition) is 1. The van der Waals surface area contributed by atoms with Crippen LogP contribution in [0.25, 0.3) is 0 Å². The van der Waals surface area contributed by atoms with Gasteiger partial charge >= 0.3 is 5.97 Å². The second-order valence-corrected chi connectivity index (χ2v) is 4.34. The van der Waals surface area contributed by atoms with Gasteiger partial charge in [-0.25, -0.2) is 0 Å². The number of piperidine rings is 1. The molecule has 1 N–H and O–H groups in total. The smallest absolute Gasteiger partial charge is 0.323 e. The Hall–Kier alpha value is -0.610. The van der Waals surface area contributed by atoms with Gasteiger partial charge in [0.15, 0.2) is 0 Å². The summed E-state index contributed by atoms with van der Waals surface area (Å²) in [5.74, 6) is -0.0851. The number of esters is 1. The van der Waals surface area contributed by atoms with Gasteiger partial charge in [0.2, 0.25) is 0 Å². The molecular weight excluding hydrogens is 204 g/mol. The van der Waals surface area contributed by atoms with Crippen molar-refractivity contribution in [1.29, 1.82) is 0 Å². The van der Waals surface area contributed by atoms with Gasteiger partial charge in [-0.1, -0.05) is 6.92 Å². The van der Waals surface area contributed by atoms with Crippen molar-refractivity contribution in [3.63, 3.8) is 0 Å². The molecule has 0 aromatic carbocycles. The lowest BCUT2D eigenvalue weighted by Crippen LogP contribution is -2.51. The summed E-state index contributed by atoms with van der Waals surface area (Å²) in [4.78, 5) is 13.9. The lowest BCUT2D eigenvalue weighted by atomic mass is 10.0. The van der Waals surface area contributed by atoms with Crippen LogP contribution in [-0.4, -0.2) is 49.7 Å². The van der Waals surface area contributed by atoms with Crippen molar-refractivity contribution in [2.24, 2.45) is 0 Å². The van der Waals surface area contributed by atoms with E-state index in [1.807, 2.05) is 20.9 Å². The molecule has 4 nitrogen and oxygen atoms in total. The van der Waals surface area contributed by atoms with Crippen molar-refractivity contribution in [3.8, 4) is 0 Å². The third-order valence-electron chi connectivity index (χ3n) is 3.28. The molecule has 0 aromatic heterocycles. The number of ether oxygens (including phenoxy) is 1. The summed E-state index contributed by atoms with van der Waals surface area (Å²) in [5.41, 5.74) is 0. The van der Waals surface area contributed by atoms with Crippen LogP contribution in [0.4, 0.5) is 0 Å². The van der Waals surface area contributed by atoms with E-state index >= 15 is 0 Å². The average molecular weight is 228 g/mol. The van der Waals surface area contributed by atoms with E-state index in [1.165, 1.54) is 12.8 Å². The maximum atomic E-state index is 11.8. The first-order chi connectivity index (χ1) is 7.70. The third kappa shape index (κ3) is 3.46. The molecule has 16 heavy (non-hydrogen) atoms. The zero-order valence-corrected chi connectivity index (χ0v) is 10.7. The molecule has 0 radical (unpaired) electrons. The molecule has 1 aliphatic rings. The topological polar surface area (TPSA) is 41.6 Å². The zero-order chi connectivity index (χ0) is 12.0. The number of nitrogens with one attached hydrogen (secondary N) is 1. The molecule has 2 unspecified atom stereocenters. The van der Waals surface area contributed by atoms with E-state index in [4.69, 9.17) is 4.74 Å². The standard InChI is InChI=1S/C12H24N2O2/c1-4-11(12(15)16-5-2)14(3)10-7-6-8-13-9-10/h10-11,13H,4-9H2,1-3H3. The molecule has 0 aromatic rings. The van der Waals surface area contributed by atoms with Crippen molar-refractivity contribution < 1.29 is 9.53 Å². The Morgan fingerprint density at radius 3 is 2.81 bits per heavy atom. The normalized spacial score (nSPS) is 23.1. The first-order valence-corrected chi connectivity index (χ1v) is 6.30. The predicted octanol–water partition coefficient (Wildman–Crippen LogP) is 1.01. The number of rotatable bonds is 5. The van der Waals surface area contributed by atoms with Crippen LogP contribution < -0.4 is 5.32 Å². The quantitative estimate of drug-likeness (QED) is 0.713. The molecule has 1 heterocycles. The Morgan fingerprint density at radius 2 is 2.31 bits per heavy atom. The maximum Gasteiger partial charge on any atom is 0.323 e. The molecule has 0 amide bonds. The van der Waals surface area contributed by atoms with Gasteiger partial charge in [0.05, 0.1) is 6.61 Å². The van der Waals surface area contributed by atoms with Crippen LogP contribution in [0, 0.1) is 0 Å². The van der Waals surface area contributed by atoms with Gasteiger partial charge in [0.1, 0.15) is 6.04 Å². The van der Waals surface area contributed by atoms with Crippen molar-refractivity contribution in [2.45, 2.75) is 45.2 Å². The maximum absolute atomic E-state index is 11.8. The van der Waals surface area contributed by atoms with Gasteiger partial charge in [-0.2, -0.15) is 0 Å². The molecule has 2 atom stereocenters. The SMILES string of the molecule is CCOC(=O)C(CC)N(C)C1CCCNC1. The summed E-state index contributed by atoms with van der Waals surface area (Å²) in [6, 6.07) is 0.368. The third-order valence-corrected chi connectivity index (χ3v) is 3.28. The number of carbonyl (C=O) groups excluding carboxylic acids is 1. The Balaban J connectivity index is 2.53. The predicted molar refractivity (Wildman–Crippen MR) is 64.4 cm³/mol. The van der Waals surface area contributed by atoms with Crippen LogP contribution in [0.3, 0.4) is 0 Å². The first kappa shape index (κ1) is 13.5. The second kappa shape index (κ2) is 6.86. The number of likely N-dealkylation sites (N-methyl/N-ethyl adjacent to an activating group) is 1. The summed E-state index contributed by atoms with van der Waals surface area (Å²) in [5, 5.41) is 3.37. The van der Waals surface area contributed by atoms with E-state index in [-0.39, 0.29) is 12.0 Å². The van der Waals surface area contributed by atoms with E-state index in [2.05, 4.69) is 10.2 Å². The number of carbonyl (C=O) groups is 1. The molecule has 0 spiro atoms. The Kier molecular flexibility index (Phi) is 5.77. The molecule has 1 aliphatic heterocycles. The van der Waals surface area contributed by atoms with E-state index < -0.39 is 0 Å². The molecule has 1 rings (SSSR count). The van der Waals surface area contributed by atoms with E-state index in [0.717, 1.165) is 19.5 Å². The van der Waals surface area contributed by atoms with E-state index in [1.54, 1.807) is 0 Å².